The summed E-state index contributed by atoms with van der Waals surface area (Å²) in [6, 6.07) is 14.2. The smallest absolute Gasteiger partial charge is 0.255 e. The molecule has 0 radical (unpaired) electrons. The molecule has 2 aromatic rings. The van der Waals surface area contributed by atoms with Crippen LogP contribution >= 0.6 is 0 Å². The number of carbonyl (C=O) groups excluding carboxylic acids is 1. The second-order valence-electron chi connectivity index (χ2n) is 4.94. The summed E-state index contributed by atoms with van der Waals surface area (Å²) in [5.74, 6) is 0.614. The third-order valence-electron chi connectivity index (χ3n) is 3.20. The zero-order valence-electron chi connectivity index (χ0n) is 12.3. The van der Waals surface area contributed by atoms with Crippen LogP contribution in [0.3, 0.4) is 0 Å². The Kier molecular flexibility index (Phi) is 4.82. The Bertz CT molecular complexity index is 591. The van der Waals surface area contributed by atoms with Crippen molar-refractivity contribution in [2.45, 2.75) is 26.4 Å². The van der Waals surface area contributed by atoms with E-state index in [2.05, 4.69) is 12.2 Å². The summed E-state index contributed by atoms with van der Waals surface area (Å²) in [6.07, 6.45) is 1.11. The first-order valence-electron chi connectivity index (χ1n) is 7.02. The first-order chi connectivity index (χ1) is 10.1. The van der Waals surface area contributed by atoms with Crippen LogP contribution < -0.4 is 15.8 Å². The van der Waals surface area contributed by atoms with Crippen LogP contribution in [0.15, 0.2) is 48.5 Å². The number of amides is 1. The number of hydrogen-bond acceptors (Lipinski definition) is 3. The van der Waals surface area contributed by atoms with E-state index in [1.165, 1.54) is 0 Å². The van der Waals surface area contributed by atoms with Gasteiger partial charge in [-0.1, -0.05) is 6.92 Å². The Morgan fingerprint density at radius 3 is 2.33 bits per heavy atom. The van der Waals surface area contributed by atoms with E-state index in [1.807, 2.05) is 19.1 Å². The first kappa shape index (κ1) is 14.9. The van der Waals surface area contributed by atoms with Gasteiger partial charge in [0, 0.05) is 16.9 Å². The van der Waals surface area contributed by atoms with Crippen molar-refractivity contribution in [1.29, 1.82) is 0 Å². The Balaban J connectivity index is 2.01. The molecule has 0 aliphatic carbocycles. The van der Waals surface area contributed by atoms with Crippen molar-refractivity contribution in [2.75, 3.05) is 11.1 Å². The molecule has 4 heteroatoms. The van der Waals surface area contributed by atoms with Crippen molar-refractivity contribution in [3.8, 4) is 5.75 Å². The largest absolute Gasteiger partial charge is 0.491 e. The van der Waals surface area contributed by atoms with E-state index in [9.17, 15) is 4.79 Å². The van der Waals surface area contributed by atoms with Crippen LogP contribution in [-0.2, 0) is 0 Å². The van der Waals surface area contributed by atoms with Crippen molar-refractivity contribution < 1.29 is 9.53 Å². The maximum absolute atomic E-state index is 12.1. The molecule has 0 spiro atoms. The average molecular weight is 284 g/mol. The summed E-state index contributed by atoms with van der Waals surface area (Å²) in [4.78, 5) is 12.1. The molecule has 0 aliphatic heterocycles. The van der Waals surface area contributed by atoms with Gasteiger partial charge in [0.1, 0.15) is 5.75 Å². The quantitative estimate of drug-likeness (QED) is 0.823. The average Bonchev–Trinajstić information content (AvgIpc) is 2.50. The number of carbonyl (C=O) groups is 1. The van der Waals surface area contributed by atoms with Crippen LogP contribution in [0.2, 0.25) is 0 Å². The van der Waals surface area contributed by atoms with E-state index >= 15 is 0 Å². The van der Waals surface area contributed by atoms with Crippen molar-refractivity contribution in [1.82, 2.24) is 0 Å². The number of nitrogens with one attached hydrogen (secondary N) is 1. The van der Waals surface area contributed by atoms with Crippen molar-refractivity contribution in [2.24, 2.45) is 0 Å². The SMILES string of the molecule is CC[C@H](C)Oc1ccc(C(=O)Nc2ccc(N)cc2)cc1. The third kappa shape index (κ3) is 4.24. The van der Waals surface area contributed by atoms with E-state index in [1.54, 1.807) is 36.4 Å². The number of rotatable bonds is 5. The number of anilines is 2. The van der Waals surface area contributed by atoms with E-state index in [0.717, 1.165) is 12.2 Å². The van der Waals surface area contributed by atoms with Gasteiger partial charge in [-0.05, 0) is 61.9 Å². The fourth-order valence-corrected chi connectivity index (χ4v) is 1.77. The lowest BCUT2D eigenvalue weighted by Crippen LogP contribution is -2.12. The molecule has 0 fully saturated rings. The molecule has 1 amide bonds. The van der Waals surface area contributed by atoms with E-state index < -0.39 is 0 Å². The van der Waals surface area contributed by atoms with Crippen molar-refractivity contribution in [3.05, 3.63) is 54.1 Å². The molecule has 1 atom stereocenters. The fraction of sp³-hybridized carbons (Fsp3) is 0.235. The van der Waals surface area contributed by atoms with Gasteiger partial charge in [-0.3, -0.25) is 4.79 Å². The van der Waals surface area contributed by atoms with E-state index in [0.29, 0.717) is 16.9 Å². The molecule has 0 unspecified atom stereocenters. The molecule has 2 rings (SSSR count). The number of benzene rings is 2. The summed E-state index contributed by atoms with van der Waals surface area (Å²) >= 11 is 0. The van der Waals surface area contributed by atoms with Crippen LogP contribution in [0, 0.1) is 0 Å². The molecular weight excluding hydrogens is 264 g/mol. The van der Waals surface area contributed by atoms with Gasteiger partial charge in [0.25, 0.3) is 5.91 Å². The van der Waals surface area contributed by atoms with Crippen LogP contribution in [0.25, 0.3) is 0 Å². The molecular formula is C17H20N2O2. The van der Waals surface area contributed by atoms with Gasteiger partial charge < -0.3 is 15.8 Å². The van der Waals surface area contributed by atoms with Gasteiger partial charge in [-0.2, -0.15) is 0 Å². The number of hydrogen-bond donors (Lipinski definition) is 2. The lowest BCUT2D eigenvalue weighted by molar-refractivity contribution is 0.102. The van der Waals surface area contributed by atoms with E-state index in [4.69, 9.17) is 10.5 Å². The first-order valence-corrected chi connectivity index (χ1v) is 7.02. The minimum Gasteiger partial charge on any atom is -0.491 e. The maximum Gasteiger partial charge on any atom is 0.255 e. The summed E-state index contributed by atoms with van der Waals surface area (Å²) in [5.41, 5.74) is 7.58. The minimum atomic E-state index is -0.158. The zero-order chi connectivity index (χ0) is 15.2. The molecule has 3 N–H and O–H groups in total. The van der Waals surface area contributed by atoms with Gasteiger partial charge in [-0.15, -0.1) is 0 Å². The fourth-order valence-electron chi connectivity index (χ4n) is 1.77. The molecule has 0 saturated heterocycles. The topological polar surface area (TPSA) is 64.3 Å². The lowest BCUT2D eigenvalue weighted by atomic mass is 10.2. The van der Waals surface area contributed by atoms with Crippen LogP contribution in [0.1, 0.15) is 30.6 Å². The second kappa shape index (κ2) is 6.79. The molecule has 21 heavy (non-hydrogen) atoms. The van der Waals surface area contributed by atoms with Crippen molar-refractivity contribution >= 4 is 17.3 Å². The Morgan fingerprint density at radius 1 is 1.14 bits per heavy atom. The Hall–Kier alpha value is -2.49. The van der Waals surface area contributed by atoms with Crippen LogP contribution in [0.5, 0.6) is 5.75 Å². The van der Waals surface area contributed by atoms with Crippen LogP contribution in [0.4, 0.5) is 11.4 Å². The molecule has 110 valence electrons. The predicted molar refractivity (Wildman–Crippen MR) is 85.6 cm³/mol. The summed E-state index contributed by atoms with van der Waals surface area (Å²) in [7, 11) is 0. The number of ether oxygens (including phenoxy) is 1. The molecule has 4 nitrogen and oxygen atoms in total. The number of nitrogens with two attached hydrogens (primary N) is 1. The van der Waals surface area contributed by atoms with Gasteiger partial charge >= 0.3 is 0 Å². The zero-order valence-corrected chi connectivity index (χ0v) is 12.3. The van der Waals surface area contributed by atoms with Crippen LogP contribution in [-0.4, -0.2) is 12.0 Å². The van der Waals surface area contributed by atoms with Gasteiger partial charge in [0.2, 0.25) is 0 Å². The summed E-state index contributed by atoms with van der Waals surface area (Å²) in [6.45, 7) is 4.08. The number of nitrogen functional groups attached to an aromatic ring is 1. The molecule has 2 aromatic carbocycles. The molecule has 0 aromatic heterocycles. The summed E-state index contributed by atoms with van der Waals surface area (Å²) < 4.78 is 5.68. The highest BCUT2D eigenvalue weighted by Gasteiger charge is 2.07. The highest BCUT2D eigenvalue weighted by atomic mass is 16.5. The molecule has 0 bridgehead atoms. The van der Waals surface area contributed by atoms with Gasteiger partial charge in [0.15, 0.2) is 0 Å². The van der Waals surface area contributed by atoms with Crippen molar-refractivity contribution in [3.63, 3.8) is 0 Å². The summed E-state index contributed by atoms with van der Waals surface area (Å²) in [5, 5.41) is 2.82. The van der Waals surface area contributed by atoms with Gasteiger partial charge in [-0.25, -0.2) is 0 Å². The molecule has 0 heterocycles. The Morgan fingerprint density at radius 2 is 1.76 bits per heavy atom. The van der Waals surface area contributed by atoms with Gasteiger partial charge in [0.05, 0.1) is 6.10 Å². The highest BCUT2D eigenvalue weighted by Crippen LogP contribution is 2.16. The standard InChI is InChI=1S/C17H20N2O2/c1-3-12(2)21-16-10-4-13(5-11-16)17(20)19-15-8-6-14(18)7-9-15/h4-12H,3,18H2,1-2H3,(H,19,20)/t12-/m0/s1. The predicted octanol–water partition coefficient (Wildman–Crippen LogP) is 3.70. The molecule has 0 aliphatic rings. The lowest BCUT2D eigenvalue weighted by Gasteiger charge is -2.12. The van der Waals surface area contributed by atoms with E-state index in [-0.39, 0.29) is 12.0 Å². The Labute approximate surface area is 124 Å². The monoisotopic (exact) mass is 284 g/mol. The highest BCUT2D eigenvalue weighted by molar-refractivity contribution is 6.04. The second-order valence-corrected chi connectivity index (χ2v) is 4.94. The maximum atomic E-state index is 12.1. The normalized spacial score (nSPS) is 11.7. The molecule has 0 saturated carbocycles. The third-order valence-corrected chi connectivity index (χ3v) is 3.20. The minimum absolute atomic E-state index is 0.158.